The van der Waals surface area contributed by atoms with Gasteiger partial charge in [-0.2, -0.15) is 13.9 Å². The fraction of sp³-hybridized carbons (Fsp3) is 0.294. The first kappa shape index (κ1) is 17.7. The van der Waals surface area contributed by atoms with Crippen LogP contribution in [0.4, 0.5) is 8.78 Å². The summed E-state index contributed by atoms with van der Waals surface area (Å²) >= 11 is 0. The van der Waals surface area contributed by atoms with Crippen LogP contribution >= 0.6 is 0 Å². The molecule has 5 nitrogen and oxygen atoms in total. The number of carbonyl (C=O) groups excluding carboxylic acids is 1. The molecule has 0 radical (unpaired) electrons. The maximum atomic E-state index is 12.4. The summed E-state index contributed by atoms with van der Waals surface area (Å²) in [7, 11) is 0. The van der Waals surface area contributed by atoms with Crippen LogP contribution < -0.4 is 10.2 Å². The summed E-state index contributed by atoms with van der Waals surface area (Å²) in [6.07, 6.45) is 2.90. The Hall–Kier alpha value is -2.70. The summed E-state index contributed by atoms with van der Waals surface area (Å²) in [6.45, 7) is 0.907. The van der Waals surface area contributed by atoms with Crippen molar-refractivity contribution in [3.63, 3.8) is 0 Å². The number of alkyl halides is 2. The molecule has 0 bridgehead atoms. The lowest BCUT2D eigenvalue weighted by atomic mass is 9.88. The molecule has 0 spiro atoms. The van der Waals surface area contributed by atoms with Crippen LogP contribution in [0.15, 0.2) is 52.2 Å². The molecule has 0 saturated heterocycles. The smallest absolute Gasteiger partial charge is 0.387 e. The first-order valence-corrected chi connectivity index (χ1v) is 7.38. The molecule has 1 amide bonds. The lowest BCUT2D eigenvalue weighted by molar-refractivity contribution is -0.123. The van der Waals surface area contributed by atoms with Gasteiger partial charge in [0.1, 0.15) is 11.5 Å². The van der Waals surface area contributed by atoms with Gasteiger partial charge in [-0.05, 0) is 35.7 Å². The number of nitrogens with one attached hydrogen (secondary N) is 1. The molecule has 0 aliphatic carbocycles. The van der Waals surface area contributed by atoms with E-state index in [9.17, 15) is 13.6 Å². The number of hydrazone groups is 1. The second kappa shape index (κ2) is 8.24. The maximum absolute atomic E-state index is 12.4. The predicted molar refractivity (Wildman–Crippen MR) is 85.1 cm³/mol. The Labute approximate surface area is 138 Å². The summed E-state index contributed by atoms with van der Waals surface area (Å²) in [4.78, 5) is 12.4. The third-order valence-electron chi connectivity index (χ3n) is 3.32. The average Bonchev–Trinajstić information content (AvgIpc) is 3.01. The molecular weight excluding hydrogens is 318 g/mol. The van der Waals surface area contributed by atoms with Gasteiger partial charge in [0.2, 0.25) is 5.91 Å². The molecule has 0 aliphatic heterocycles. The van der Waals surface area contributed by atoms with Crippen molar-refractivity contribution in [3.05, 3.63) is 54.0 Å². The molecule has 1 aromatic heterocycles. The monoisotopic (exact) mass is 336 g/mol. The van der Waals surface area contributed by atoms with Gasteiger partial charge in [0.15, 0.2) is 0 Å². The molecule has 1 atom stereocenters. The quantitative estimate of drug-likeness (QED) is 0.618. The molecule has 0 aliphatic rings. The van der Waals surface area contributed by atoms with Crippen LogP contribution in [0.5, 0.6) is 5.75 Å². The topological polar surface area (TPSA) is 63.8 Å². The van der Waals surface area contributed by atoms with Crippen molar-refractivity contribution in [2.75, 3.05) is 0 Å². The average molecular weight is 336 g/mol. The van der Waals surface area contributed by atoms with E-state index in [1.165, 1.54) is 24.6 Å². The van der Waals surface area contributed by atoms with Crippen molar-refractivity contribution in [2.45, 2.75) is 26.4 Å². The highest BCUT2D eigenvalue weighted by Gasteiger charge is 2.24. The zero-order valence-corrected chi connectivity index (χ0v) is 13.3. The van der Waals surface area contributed by atoms with Gasteiger partial charge in [-0.1, -0.05) is 26.0 Å². The second-order valence-electron chi connectivity index (χ2n) is 5.42. The Morgan fingerprint density at radius 1 is 1.25 bits per heavy atom. The Bertz CT molecular complexity index is 668. The highest BCUT2D eigenvalue weighted by molar-refractivity contribution is 5.85. The van der Waals surface area contributed by atoms with E-state index in [-0.39, 0.29) is 17.6 Å². The van der Waals surface area contributed by atoms with Crippen molar-refractivity contribution in [1.82, 2.24) is 5.43 Å². The maximum Gasteiger partial charge on any atom is 0.387 e. The summed E-state index contributed by atoms with van der Waals surface area (Å²) in [5, 5.41) is 3.86. The third kappa shape index (κ3) is 4.91. The van der Waals surface area contributed by atoms with Gasteiger partial charge in [-0.25, -0.2) is 5.43 Å². The number of nitrogens with zero attached hydrogens (tertiary/aromatic N) is 1. The standard InChI is InChI=1S/C17H18F2N2O3/c1-11(2)15(12-5-7-13(8-6-12)24-17(18)19)16(22)21-20-10-14-4-3-9-23-14/h3-11,15,17H,1-2H3,(H,21,22)/b20-10-/t15-/m0/s1. The number of carbonyl (C=O) groups is 1. The Balaban J connectivity index is 2.06. The SMILES string of the molecule is CC(C)[C@H](C(=O)N/N=C\c1ccco1)c1ccc(OC(F)F)cc1. The Morgan fingerprint density at radius 2 is 1.96 bits per heavy atom. The van der Waals surface area contributed by atoms with Crippen LogP contribution in [0.25, 0.3) is 0 Å². The number of rotatable bonds is 7. The summed E-state index contributed by atoms with van der Waals surface area (Å²) in [6, 6.07) is 9.43. The van der Waals surface area contributed by atoms with E-state index in [1.807, 2.05) is 13.8 Å². The fourth-order valence-electron chi connectivity index (χ4n) is 2.29. The largest absolute Gasteiger partial charge is 0.463 e. The summed E-state index contributed by atoms with van der Waals surface area (Å²) < 4.78 is 33.7. The number of hydrogen-bond donors (Lipinski definition) is 1. The summed E-state index contributed by atoms with van der Waals surface area (Å²) in [5.74, 6) is -0.210. The molecule has 2 rings (SSSR count). The van der Waals surface area contributed by atoms with Gasteiger partial charge in [0.05, 0.1) is 18.4 Å². The predicted octanol–water partition coefficient (Wildman–Crippen LogP) is 3.77. The van der Waals surface area contributed by atoms with Crippen LogP contribution in [-0.4, -0.2) is 18.7 Å². The zero-order chi connectivity index (χ0) is 17.5. The molecule has 0 unspecified atom stereocenters. The first-order chi connectivity index (χ1) is 11.5. The van der Waals surface area contributed by atoms with E-state index in [1.54, 1.807) is 24.3 Å². The van der Waals surface area contributed by atoms with Crippen LogP contribution in [0.2, 0.25) is 0 Å². The first-order valence-electron chi connectivity index (χ1n) is 7.38. The number of hydrogen-bond acceptors (Lipinski definition) is 4. The van der Waals surface area contributed by atoms with Gasteiger partial charge >= 0.3 is 6.61 Å². The molecule has 0 fully saturated rings. The minimum atomic E-state index is -2.88. The zero-order valence-electron chi connectivity index (χ0n) is 13.3. The molecule has 1 heterocycles. The van der Waals surface area contributed by atoms with Crippen molar-refractivity contribution >= 4 is 12.1 Å². The van der Waals surface area contributed by atoms with Gasteiger partial charge in [-0.15, -0.1) is 0 Å². The number of ether oxygens (including phenoxy) is 1. The third-order valence-corrected chi connectivity index (χ3v) is 3.32. The van der Waals surface area contributed by atoms with Crippen LogP contribution in [0.3, 0.4) is 0 Å². The van der Waals surface area contributed by atoms with E-state index in [2.05, 4.69) is 15.3 Å². The fourth-order valence-corrected chi connectivity index (χ4v) is 2.29. The minimum absolute atomic E-state index is 0.00863. The van der Waals surface area contributed by atoms with Crippen LogP contribution in [0.1, 0.15) is 31.1 Å². The van der Waals surface area contributed by atoms with Crippen molar-refractivity contribution in [1.29, 1.82) is 0 Å². The van der Waals surface area contributed by atoms with Crippen molar-refractivity contribution in [2.24, 2.45) is 11.0 Å². The normalized spacial score (nSPS) is 12.8. The molecule has 7 heteroatoms. The molecular formula is C17H18F2N2O3. The Morgan fingerprint density at radius 3 is 2.50 bits per heavy atom. The van der Waals surface area contributed by atoms with Gasteiger partial charge in [0, 0.05) is 0 Å². The molecule has 1 aromatic carbocycles. The molecule has 128 valence electrons. The van der Waals surface area contributed by atoms with E-state index in [0.717, 1.165) is 0 Å². The van der Waals surface area contributed by atoms with Gasteiger partial charge < -0.3 is 9.15 Å². The van der Waals surface area contributed by atoms with Crippen LogP contribution in [0, 0.1) is 5.92 Å². The summed E-state index contributed by atoms with van der Waals surface area (Å²) in [5.41, 5.74) is 3.16. The van der Waals surface area contributed by atoms with E-state index >= 15 is 0 Å². The van der Waals surface area contributed by atoms with Crippen molar-refractivity contribution < 1.29 is 22.7 Å². The highest BCUT2D eigenvalue weighted by atomic mass is 19.3. The highest BCUT2D eigenvalue weighted by Crippen LogP contribution is 2.27. The van der Waals surface area contributed by atoms with E-state index in [0.29, 0.717) is 11.3 Å². The van der Waals surface area contributed by atoms with Crippen molar-refractivity contribution in [3.8, 4) is 5.75 Å². The molecule has 24 heavy (non-hydrogen) atoms. The minimum Gasteiger partial charge on any atom is -0.463 e. The number of furan rings is 1. The van der Waals surface area contributed by atoms with Gasteiger partial charge in [-0.3, -0.25) is 4.79 Å². The number of amides is 1. The number of halogens is 2. The van der Waals surface area contributed by atoms with E-state index < -0.39 is 12.5 Å². The molecule has 1 N–H and O–H groups in total. The lowest BCUT2D eigenvalue weighted by Crippen LogP contribution is -2.28. The van der Waals surface area contributed by atoms with E-state index in [4.69, 9.17) is 4.42 Å². The number of benzene rings is 1. The Kier molecular flexibility index (Phi) is 6.06. The van der Waals surface area contributed by atoms with Gasteiger partial charge in [0.25, 0.3) is 0 Å². The van der Waals surface area contributed by atoms with Crippen LogP contribution in [-0.2, 0) is 4.79 Å². The lowest BCUT2D eigenvalue weighted by Gasteiger charge is -2.19. The molecule has 2 aromatic rings. The molecule has 0 saturated carbocycles. The second-order valence-corrected chi connectivity index (χ2v) is 5.42.